The van der Waals surface area contributed by atoms with Crippen molar-refractivity contribution in [3.63, 3.8) is 0 Å². The van der Waals surface area contributed by atoms with Crippen LogP contribution in [0.5, 0.6) is 0 Å². The Labute approximate surface area is 89.7 Å². The van der Waals surface area contributed by atoms with Gasteiger partial charge in [0, 0.05) is 30.8 Å². The van der Waals surface area contributed by atoms with Gasteiger partial charge in [0.1, 0.15) is 0 Å². The first kappa shape index (κ1) is 9.77. The molecule has 0 spiro atoms. The summed E-state index contributed by atoms with van der Waals surface area (Å²) in [6.07, 6.45) is 9.38. The largest absolute Gasteiger partial charge is 0.347 e. The van der Waals surface area contributed by atoms with Crippen LogP contribution in [0.15, 0.2) is 36.9 Å². The molecule has 3 nitrogen and oxygen atoms in total. The lowest BCUT2D eigenvalue weighted by atomic mass is 10.4. The van der Waals surface area contributed by atoms with E-state index in [2.05, 4.69) is 35.7 Å². The maximum atomic E-state index is 4.02. The first-order valence-corrected chi connectivity index (χ1v) is 4.87. The van der Waals surface area contributed by atoms with E-state index in [1.54, 1.807) is 12.3 Å². The first-order valence-electron chi connectivity index (χ1n) is 4.87. The zero-order chi connectivity index (χ0) is 10.7. The summed E-state index contributed by atoms with van der Waals surface area (Å²) >= 11 is 0. The summed E-state index contributed by atoms with van der Waals surface area (Å²) in [6.45, 7) is 4.55. The van der Waals surface area contributed by atoms with Crippen LogP contribution in [0.2, 0.25) is 0 Å². The maximum Gasteiger partial charge on any atom is 0.0949 e. The Bertz CT molecular complexity index is 449. The Kier molecular flexibility index (Phi) is 2.72. The highest BCUT2D eigenvalue weighted by Crippen LogP contribution is 2.10. The summed E-state index contributed by atoms with van der Waals surface area (Å²) in [5, 5.41) is 0. The maximum absolute atomic E-state index is 4.02. The van der Waals surface area contributed by atoms with Crippen molar-refractivity contribution in [1.82, 2.24) is 14.1 Å². The highest BCUT2D eigenvalue weighted by atomic mass is 15.1. The highest BCUT2D eigenvalue weighted by Gasteiger charge is 2.02. The van der Waals surface area contributed by atoms with Gasteiger partial charge in [-0.2, -0.15) is 0 Å². The second-order valence-electron chi connectivity index (χ2n) is 3.45. The lowest BCUT2D eigenvalue weighted by Crippen LogP contribution is -2.03. The molecule has 0 aliphatic heterocycles. The third kappa shape index (κ3) is 2.01. The molecule has 0 saturated heterocycles. The number of imidazole rings is 1. The monoisotopic (exact) mass is 200 g/mol. The minimum Gasteiger partial charge on any atom is -0.347 e. The number of rotatable bonds is 3. The molecule has 0 amide bonds. The number of nitrogens with zero attached hydrogens (tertiary/aromatic N) is 3. The van der Waals surface area contributed by atoms with Gasteiger partial charge in [-0.25, -0.2) is 4.98 Å². The van der Waals surface area contributed by atoms with E-state index in [0.29, 0.717) is 0 Å². The van der Waals surface area contributed by atoms with Gasteiger partial charge in [0.2, 0.25) is 0 Å². The van der Waals surface area contributed by atoms with Crippen molar-refractivity contribution in [2.24, 2.45) is 7.05 Å². The summed E-state index contributed by atoms with van der Waals surface area (Å²) in [5.41, 5.74) is 2.42. The van der Waals surface area contributed by atoms with Crippen molar-refractivity contribution in [3.8, 4) is 0 Å². The van der Waals surface area contributed by atoms with Crippen LogP contribution in [0, 0.1) is 6.92 Å². The summed E-state index contributed by atoms with van der Waals surface area (Å²) in [6, 6.07) is 4.21. The minimum absolute atomic E-state index is 0.849. The fourth-order valence-electron chi connectivity index (χ4n) is 1.59. The molecule has 0 unspecified atom stereocenters. The molecule has 0 bridgehead atoms. The van der Waals surface area contributed by atoms with Crippen molar-refractivity contribution in [2.75, 3.05) is 0 Å². The quantitative estimate of drug-likeness (QED) is 0.744. The van der Waals surface area contributed by atoms with E-state index >= 15 is 0 Å². The fraction of sp³-hybridized carbons (Fsp3) is 0.167. The number of aromatic nitrogens is 3. The third-order valence-corrected chi connectivity index (χ3v) is 2.46. The van der Waals surface area contributed by atoms with Crippen molar-refractivity contribution in [3.05, 3.63) is 55.2 Å². The van der Waals surface area contributed by atoms with E-state index in [4.69, 9.17) is 0 Å². The smallest absolute Gasteiger partial charge is 0.0949 e. The average molecular weight is 200 g/mol. The molecule has 2 aromatic heterocycles. The van der Waals surface area contributed by atoms with E-state index in [1.807, 2.05) is 23.2 Å². The van der Waals surface area contributed by atoms with Crippen LogP contribution in [0.4, 0.5) is 0 Å². The molecular formula is C12H14N3. The zero-order valence-electron chi connectivity index (χ0n) is 8.80. The zero-order valence-corrected chi connectivity index (χ0v) is 8.80. The summed E-state index contributed by atoms with van der Waals surface area (Å²) in [5.74, 6) is 0. The van der Waals surface area contributed by atoms with Gasteiger partial charge in [0.25, 0.3) is 0 Å². The van der Waals surface area contributed by atoms with Gasteiger partial charge < -0.3 is 9.13 Å². The normalized spacial score (nSPS) is 11.3. The van der Waals surface area contributed by atoms with Crippen LogP contribution in [-0.4, -0.2) is 14.1 Å². The second kappa shape index (κ2) is 4.17. The Morgan fingerprint density at radius 3 is 3.00 bits per heavy atom. The van der Waals surface area contributed by atoms with Gasteiger partial charge in [-0.3, -0.25) is 0 Å². The van der Waals surface area contributed by atoms with Crippen LogP contribution >= 0.6 is 0 Å². The lowest BCUT2D eigenvalue weighted by molar-refractivity contribution is 0.720. The fourth-order valence-corrected chi connectivity index (χ4v) is 1.59. The lowest BCUT2D eigenvalue weighted by Gasteiger charge is -2.05. The van der Waals surface area contributed by atoms with Crippen molar-refractivity contribution in [2.45, 2.75) is 6.54 Å². The van der Waals surface area contributed by atoms with Crippen molar-refractivity contribution < 1.29 is 0 Å². The number of hydrogen-bond acceptors (Lipinski definition) is 1. The second-order valence-corrected chi connectivity index (χ2v) is 3.45. The van der Waals surface area contributed by atoms with E-state index in [9.17, 15) is 0 Å². The number of hydrogen-bond donors (Lipinski definition) is 0. The predicted molar refractivity (Wildman–Crippen MR) is 61.1 cm³/mol. The SMILES string of the molecule is [CH2]/C=C/c1ccc(Cn2ccnc2)n1C. The third-order valence-electron chi connectivity index (χ3n) is 2.46. The minimum atomic E-state index is 0.849. The predicted octanol–water partition coefficient (Wildman–Crippen LogP) is 2.12. The molecule has 0 N–H and O–H groups in total. The Morgan fingerprint density at radius 2 is 2.33 bits per heavy atom. The van der Waals surface area contributed by atoms with Gasteiger partial charge in [-0.05, 0) is 25.1 Å². The highest BCUT2D eigenvalue weighted by molar-refractivity contribution is 5.47. The molecule has 2 rings (SSSR count). The summed E-state index contributed by atoms with van der Waals surface area (Å²) in [4.78, 5) is 4.02. The average Bonchev–Trinajstić information content (AvgIpc) is 2.83. The van der Waals surface area contributed by atoms with E-state index in [1.165, 1.54) is 11.4 Å². The molecule has 1 radical (unpaired) electrons. The van der Waals surface area contributed by atoms with Gasteiger partial charge >= 0.3 is 0 Å². The van der Waals surface area contributed by atoms with Crippen LogP contribution in [0.25, 0.3) is 6.08 Å². The molecule has 0 aliphatic carbocycles. The van der Waals surface area contributed by atoms with Crippen LogP contribution in [-0.2, 0) is 13.6 Å². The van der Waals surface area contributed by atoms with Gasteiger partial charge in [0.05, 0.1) is 12.9 Å². The molecule has 0 aromatic carbocycles. The van der Waals surface area contributed by atoms with Crippen molar-refractivity contribution >= 4 is 6.08 Å². The molecule has 0 saturated carbocycles. The molecule has 0 aliphatic rings. The molecule has 0 atom stereocenters. The van der Waals surface area contributed by atoms with Crippen LogP contribution in [0.3, 0.4) is 0 Å². The molecule has 15 heavy (non-hydrogen) atoms. The Morgan fingerprint density at radius 1 is 1.47 bits per heavy atom. The Balaban J connectivity index is 2.23. The van der Waals surface area contributed by atoms with Gasteiger partial charge in [0.15, 0.2) is 0 Å². The van der Waals surface area contributed by atoms with E-state index in [0.717, 1.165) is 6.54 Å². The molecule has 0 fully saturated rings. The topological polar surface area (TPSA) is 22.8 Å². The summed E-state index contributed by atoms with van der Waals surface area (Å²) in [7, 11) is 2.06. The number of allylic oxidation sites excluding steroid dienone is 1. The van der Waals surface area contributed by atoms with Gasteiger partial charge in [-0.15, -0.1) is 0 Å². The van der Waals surface area contributed by atoms with Gasteiger partial charge in [-0.1, -0.05) is 6.08 Å². The van der Waals surface area contributed by atoms with Crippen LogP contribution < -0.4 is 0 Å². The standard InChI is InChI=1S/C12H14N3/c1-3-4-11-5-6-12(14(11)2)9-15-8-7-13-10-15/h3-8,10H,1,9H2,2H3/b4-3+. The van der Waals surface area contributed by atoms with Crippen LogP contribution in [0.1, 0.15) is 11.4 Å². The molecule has 2 heterocycles. The summed E-state index contributed by atoms with van der Waals surface area (Å²) < 4.78 is 4.20. The molecule has 3 heteroatoms. The van der Waals surface area contributed by atoms with E-state index in [-0.39, 0.29) is 0 Å². The Hall–Kier alpha value is -1.77. The molecular weight excluding hydrogens is 186 g/mol. The first-order chi connectivity index (χ1) is 7.31. The van der Waals surface area contributed by atoms with E-state index < -0.39 is 0 Å². The van der Waals surface area contributed by atoms with Crippen molar-refractivity contribution in [1.29, 1.82) is 0 Å². The molecule has 2 aromatic rings. The molecule has 77 valence electrons.